The quantitative estimate of drug-likeness (QED) is 0.821. The van der Waals surface area contributed by atoms with Crippen LogP contribution < -0.4 is 10.9 Å². The predicted octanol–water partition coefficient (Wildman–Crippen LogP) is 3.19. The Kier molecular flexibility index (Phi) is 5.43. The number of H-pyrrole nitrogens is 1. The maximum Gasteiger partial charge on any atom is 0.408 e. The molecule has 0 aliphatic carbocycles. The molecule has 0 aromatic carbocycles. The van der Waals surface area contributed by atoms with E-state index in [9.17, 15) is 13.2 Å². The SMILES string of the molecule is CC(C)/N=c1/nc(N[C@H](C)C(F)(F)F)nc(-c2cccc(Cl)n2)[nH]1. The maximum atomic E-state index is 12.7. The van der Waals surface area contributed by atoms with Gasteiger partial charge in [-0.3, -0.25) is 0 Å². The molecule has 0 radical (unpaired) electrons. The van der Waals surface area contributed by atoms with Gasteiger partial charge in [-0.2, -0.15) is 23.1 Å². The number of halogens is 4. The van der Waals surface area contributed by atoms with E-state index < -0.39 is 12.2 Å². The summed E-state index contributed by atoms with van der Waals surface area (Å²) in [7, 11) is 0. The summed E-state index contributed by atoms with van der Waals surface area (Å²) in [6, 6.07) is 2.94. The summed E-state index contributed by atoms with van der Waals surface area (Å²) in [6.07, 6.45) is -4.42. The van der Waals surface area contributed by atoms with Gasteiger partial charge in [-0.1, -0.05) is 17.7 Å². The Morgan fingerprint density at radius 1 is 1.17 bits per heavy atom. The zero-order chi connectivity index (χ0) is 17.9. The molecule has 1 atom stereocenters. The molecule has 0 saturated heterocycles. The fourth-order valence-electron chi connectivity index (χ4n) is 1.70. The maximum absolute atomic E-state index is 12.7. The molecule has 2 aromatic rings. The highest BCUT2D eigenvalue weighted by molar-refractivity contribution is 6.29. The highest BCUT2D eigenvalue weighted by atomic mass is 35.5. The number of anilines is 1. The van der Waals surface area contributed by atoms with E-state index in [2.05, 4.69) is 30.2 Å². The first kappa shape index (κ1) is 18.2. The number of aromatic amines is 1. The number of hydrogen-bond donors (Lipinski definition) is 2. The zero-order valence-corrected chi connectivity index (χ0v) is 13.9. The first-order valence-electron chi connectivity index (χ1n) is 7.13. The molecule has 2 heterocycles. The van der Waals surface area contributed by atoms with Crippen molar-refractivity contribution in [3.63, 3.8) is 0 Å². The van der Waals surface area contributed by atoms with E-state index in [0.717, 1.165) is 6.92 Å². The summed E-state index contributed by atoms with van der Waals surface area (Å²) in [5, 5.41) is 2.47. The third kappa shape index (κ3) is 4.92. The van der Waals surface area contributed by atoms with Crippen molar-refractivity contribution in [2.45, 2.75) is 39.0 Å². The second-order valence-corrected chi connectivity index (χ2v) is 5.71. The van der Waals surface area contributed by atoms with Crippen molar-refractivity contribution >= 4 is 17.5 Å². The van der Waals surface area contributed by atoms with Gasteiger partial charge in [-0.25, -0.2) is 9.98 Å². The Balaban J connectivity index is 2.50. The molecular formula is C14H16ClF3N6. The molecular weight excluding hydrogens is 345 g/mol. The van der Waals surface area contributed by atoms with Crippen LogP contribution in [0.3, 0.4) is 0 Å². The monoisotopic (exact) mass is 360 g/mol. The van der Waals surface area contributed by atoms with Crippen LogP contribution in [0.4, 0.5) is 19.1 Å². The molecule has 130 valence electrons. The van der Waals surface area contributed by atoms with Gasteiger partial charge >= 0.3 is 6.18 Å². The highest BCUT2D eigenvalue weighted by Gasteiger charge is 2.36. The van der Waals surface area contributed by atoms with Gasteiger partial charge in [0.15, 0.2) is 5.82 Å². The Bertz CT molecular complexity index is 772. The molecule has 0 saturated carbocycles. The van der Waals surface area contributed by atoms with Crippen LogP contribution in [0, 0.1) is 0 Å². The first-order valence-corrected chi connectivity index (χ1v) is 7.51. The van der Waals surface area contributed by atoms with E-state index in [1.54, 1.807) is 18.2 Å². The van der Waals surface area contributed by atoms with E-state index in [-0.39, 0.29) is 28.6 Å². The molecule has 6 nitrogen and oxygen atoms in total. The standard InChI is InChI=1S/C14H16ClF3N6/c1-7(2)19-12-22-11(9-5-4-6-10(15)21-9)23-13(24-12)20-8(3)14(16,17)18/h4-8H,1-3H3,(H2,19,20,22,23,24)/t8-/m1/s1. The Hall–Kier alpha value is -2.16. The van der Waals surface area contributed by atoms with Crippen molar-refractivity contribution in [1.82, 2.24) is 19.9 Å². The lowest BCUT2D eigenvalue weighted by Crippen LogP contribution is -2.35. The lowest BCUT2D eigenvalue weighted by molar-refractivity contribution is -0.138. The van der Waals surface area contributed by atoms with E-state index in [1.165, 1.54) is 0 Å². The van der Waals surface area contributed by atoms with Crippen molar-refractivity contribution in [3.8, 4) is 11.5 Å². The molecule has 0 aliphatic rings. The number of hydrogen-bond acceptors (Lipinski definition) is 5. The molecule has 0 bridgehead atoms. The fraction of sp³-hybridized carbons (Fsp3) is 0.429. The molecule has 0 aliphatic heterocycles. The van der Waals surface area contributed by atoms with Crippen molar-refractivity contribution < 1.29 is 13.2 Å². The van der Waals surface area contributed by atoms with E-state index >= 15 is 0 Å². The van der Waals surface area contributed by atoms with Crippen molar-refractivity contribution in [1.29, 1.82) is 0 Å². The van der Waals surface area contributed by atoms with Gasteiger partial charge < -0.3 is 10.3 Å². The van der Waals surface area contributed by atoms with Gasteiger partial charge in [0.05, 0.1) is 0 Å². The van der Waals surface area contributed by atoms with Crippen LogP contribution in [0.25, 0.3) is 11.5 Å². The average molecular weight is 361 g/mol. The lowest BCUT2D eigenvalue weighted by atomic mass is 10.3. The van der Waals surface area contributed by atoms with Gasteiger partial charge in [-0.05, 0) is 32.9 Å². The number of alkyl halides is 3. The molecule has 0 spiro atoms. The summed E-state index contributed by atoms with van der Waals surface area (Å²) in [4.78, 5) is 19.2. The van der Waals surface area contributed by atoms with Crippen molar-refractivity contribution in [3.05, 3.63) is 29.0 Å². The summed E-state index contributed by atoms with van der Waals surface area (Å²) >= 11 is 5.85. The van der Waals surface area contributed by atoms with Crippen molar-refractivity contribution in [2.24, 2.45) is 4.99 Å². The van der Waals surface area contributed by atoms with E-state index in [1.807, 2.05) is 13.8 Å². The van der Waals surface area contributed by atoms with Gasteiger partial charge in [0, 0.05) is 6.04 Å². The second-order valence-electron chi connectivity index (χ2n) is 5.32. The largest absolute Gasteiger partial charge is 0.408 e. The number of rotatable bonds is 4. The number of nitrogens with one attached hydrogen (secondary N) is 2. The Labute approximate surface area is 141 Å². The fourth-order valence-corrected chi connectivity index (χ4v) is 1.86. The number of nitrogens with zero attached hydrogens (tertiary/aromatic N) is 4. The molecule has 0 unspecified atom stereocenters. The van der Waals surface area contributed by atoms with Crippen molar-refractivity contribution in [2.75, 3.05) is 5.32 Å². The first-order chi connectivity index (χ1) is 11.1. The Morgan fingerprint density at radius 3 is 2.46 bits per heavy atom. The summed E-state index contributed by atoms with van der Waals surface area (Å²) < 4.78 is 38.2. The van der Waals surface area contributed by atoms with Crippen LogP contribution >= 0.6 is 11.6 Å². The molecule has 10 heteroatoms. The Morgan fingerprint density at radius 2 is 1.88 bits per heavy atom. The number of aromatic nitrogens is 4. The zero-order valence-electron chi connectivity index (χ0n) is 13.2. The third-order valence-electron chi connectivity index (χ3n) is 2.83. The van der Waals surface area contributed by atoms with Gasteiger partial charge in [0.1, 0.15) is 16.9 Å². The van der Waals surface area contributed by atoms with Crippen LogP contribution in [0.1, 0.15) is 20.8 Å². The van der Waals surface area contributed by atoms with Gasteiger partial charge in [-0.15, -0.1) is 0 Å². The molecule has 2 N–H and O–H groups in total. The predicted molar refractivity (Wildman–Crippen MR) is 84.5 cm³/mol. The molecule has 2 rings (SSSR count). The van der Waals surface area contributed by atoms with Gasteiger partial charge in [0.25, 0.3) is 0 Å². The minimum absolute atomic E-state index is 0.107. The molecule has 24 heavy (non-hydrogen) atoms. The van der Waals surface area contributed by atoms with Crippen LogP contribution in [0.15, 0.2) is 23.2 Å². The lowest BCUT2D eigenvalue weighted by Gasteiger charge is -2.17. The van der Waals surface area contributed by atoms with Crippen LogP contribution in [0.5, 0.6) is 0 Å². The van der Waals surface area contributed by atoms with E-state index in [0.29, 0.717) is 5.69 Å². The average Bonchev–Trinajstić information content (AvgIpc) is 2.45. The third-order valence-corrected chi connectivity index (χ3v) is 3.05. The van der Waals surface area contributed by atoms with E-state index in [4.69, 9.17) is 11.6 Å². The minimum Gasteiger partial charge on any atom is -0.343 e. The topological polar surface area (TPSA) is 78.8 Å². The van der Waals surface area contributed by atoms with Crippen LogP contribution in [0.2, 0.25) is 5.15 Å². The molecule has 0 fully saturated rings. The summed E-state index contributed by atoms with van der Waals surface area (Å²) in [5.74, 6) is 0.0125. The summed E-state index contributed by atoms with van der Waals surface area (Å²) in [5.41, 5.74) is 0.515. The molecule has 0 amide bonds. The minimum atomic E-state index is -4.42. The number of pyridine rings is 1. The van der Waals surface area contributed by atoms with Crippen LogP contribution in [-0.2, 0) is 0 Å². The van der Waals surface area contributed by atoms with Crippen LogP contribution in [-0.4, -0.2) is 38.2 Å². The normalized spacial score (nSPS) is 14.1. The smallest absolute Gasteiger partial charge is 0.343 e. The molecule has 2 aromatic heterocycles. The van der Waals surface area contributed by atoms with Gasteiger partial charge in [0.2, 0.25) is 11.6 Å². The summed E-state index contributed by atoms with van der Waals surface area (Å²) in [6.45, 7) is 4.62. The highest BCUT2D eigenvalue weighted by Crippen LogP contribution is 2.22. The second kappa shape index (κ2) is 7.16.